The van der Waals surface area contributed by atoms with Gasteiger partial charge < -0.3 is 4.74 Å². The van der Waals surface area contributed by atoms with Gasteiger partial charge in [-0.2, -0.15) is 0 Å². The molecule has 4 aromatic rings. The first kappa shape index (κ1) is 26.0. The SMILES string of the molecule is Cc1ccc(-n2c(C)nnc2S[C@@H](C[N+](=O)[O-])c2ccc(OCc3ccc(Cl)cc3Cl)cc2)cc1C. The Labute approximate surface area is 223 Å². The van der Waals surface area contributed by atoms with Crippen molar-refractivity contribution in [3.63, 3.8) is 0 Å². The summed E-state index contributed by atoms with van der Waals surface area (Å²) in [6, 6.07) is 18.6. The summed E-state index contributed by atoms with van der Waals surface area (Å²) in [5, 5.41) is 21.3. The second kappa shape index (κ2) is 11.3. The normalized spacial score (nSPS) is 11.9. The molecule has 1 atom stereocenters. The number of nitrogens with zero attached hydrogens (tertiary/aromatic N) is 4. The molecule has 1 heterocycles. The summed E-state index contributed by atoms with van der Waals surface area (Å²) in [6.45, 7) is 5.99. The first-order valence-electron chi connectivity index (χ1n) is 11.2. The van der Waals surface area contributed by atoms with Crippen LogP contribution in [-0.4, -0.2) is 26.2 Å². The molecule has 0 fully saturated rings. The Morgan fingerprint density at radius 3 is 2.42 bits per heavy atom. The van der Waals surface area contributed by atoms with E-state index in [1.54, 1.807) is 24.3 Å². The molecule has 0 spiro atoms. The average Bonchev–Trinajstić information content (AvgIpc) is 3.20. The fourth-order valence-electron chi connectivity index (χ4n) is 3.63. The largest absolute Gasteiger partial charge is 0.489 e. The Bertz CT molecular complexity index is 1390. The molecule has 4 rings (SSSR count). The van der Waals surface area contributed by atoms with Crippen molar-refractivity contribution < 1.29 is 9.66 Å². The highest BCUT2D eigenvalue weighted by molar-refractivity contribution is 7.99. The third-order valence-corrected chi connectivity index (χ3v) is 7.54. The zero-order valence-electron chi connectivity index (χ0n) is 19.9. The first-order chi connectivity index (χ1) is 17.2. The number of hydrogen-bond acceptors (Lipinski definition) is 6. The van der Waals surface area contributed by atoms with Gasteiger partial charge in [-0.25, -0.2) is 0 Å². The van der Waals surface area contributed by atoms with Crippen molar-refractivity contribution in [2.24, 2.45) is 0 Å². The van der Waals surface area contributed by atoms with E-state index in [9.17, 15) is 10.1 Å². The molecule has 0 saturated carbocycles. The van der Waals surface area contributed by atoms with Gasteiger partial charge in [0.1, 0.15) is 23.4 Å². The smallest absolute Gasteiger partial charge is 0.220 e. The average molecular weight is 543 g/mol. The van der Waals surface area contributed by atoms with Gasteiger partial charge in [0.15, 0.2) is 5.16 Å². The minimum absolute atomic E-state index is 0.260. The molecule has 0 aliphatic rings. The molecule has 1 aromatic heterocycles. The second-order valence-corrected chi connectivity index (χ2v) is 10.4. The number of hydrogen-bond donors (Lipinski definition) is 0. The monoisotopic (exact) mass is 542 g/mol. The standard InChI is InChI=1S/C26H24Cl2N4O3S/c1-16-4-9-22(12-17(16)2)32-18(3)29-30-26(32)36-25(14-31(33)34)19-6-10-23(11-7-19)35-15-20-5-8-21(27)13-24(20)28/h4-13,25H,14-15H2,1-3H3/t25-/m0/s1. The quantitative estimate of drug-likeness (QED) is 0.126. The van der Waals surface area contributed by atoms with Crippen LogP contribution >= 0.6 is 35.0 Å². The number of aromatic nitrogens is 3. The van der Waals surface area contributed by atoms with Crippen molar-refractivity contribution in [1.29, 1.82) is 0 Å². The summed E-state index contributed by atoms with van der Waals surface area (Å²) in [6.07, 6.45) is 0. The van der Waals surface area contributed by atoms with Crippen LogP contribution < -0.4 is 4.74 Å². The van der Waals surface area contributed by atoms with Crippen LogP contribution in [0.2, 0.25) is 10.0 Å². The molecule has 0 amide bonds. The molecule has 0 bridgehead atoms. The van der Waals surface area contributed by atoms with Crippen molar-refractivity contribution in [2.75, 3.05) is 6.54 Å². The fourth-order valence-corrected chi connectivity index (χ4v) is 5.27. The molecule has 0 radical (unpaired) electrons. The number of benzene rings is 3. The number of rotatable bonds is 9. The van der Waals surface area contributed by atoms with Crippen LogP contribution in [0.15, 0.2) is 65.8 Å². The Balaban J connectivity index is 1.54. The van der Waals surface area contributed by atoms with E-state index in [0.29, 0.717) is 26.8 Å². The maximum atomic E-state index is 11.5. The van der Waals surface area contributed by atoms with Gasteiger partial charge in [-0.15, -0.1) is 10.2 Å². The predicted molar refractivity (Wildman–Crippen MR) is 143 cm³/mol. The number of aryl methyl sites for hydroxylation is 3. The Morgan fingerprint density at radius 2 is 1.75 bits per heavy atom. The van der Waals surface area contributed by atoms with E-state index < -0.39 is 5.25 Å². The van der Waals surface area contributed by atoms with Gasteiger partial charge in [0, 0.05) is 26.2 Å². The molecular formula is C26H24Cl2N4O3S. The van der Waals surface area contributed by atoms with Gasteiger partial charge in [0.2, 0.25) is 6.54 Å². The number of thioether (sulfide) groups is 1. The zero-order chi connectivity index (χ0) is 25.8. The van der Waals surface area contributed by atoms with Crippen molar-refractivity contribution in [2.45, 2.75) is 37.8 Å². The van der Waals surface area contributed by atoms with Crippen molar-refractivity contribution in [3.8, 4) is 11.4 Å². The van der Waals surface area contributed by atoms with Crippen LogP contribution in [0.1, 0.15) is 33.3 Å². The summed E-state index contributed by atoms with van der Waals surface area (Å²) in [5.41, 5.74) is 4.86. The molecule has 0 N–H and O–H groups in total. The van der Waals surface area contributed by atoms with E-state index >= 15 is 0 Å². The van der Waals surface area contributed by atoms with Gasteiger partial charge in [0.25, 0.3) is 0 Å². The van der Waals surface area contributed by atoms with Gasteiger partial charge in [0.05, 0.1) is 0 Å². The summed E-state index contributed by atoms with van der Waals surface area (Å²) in [5.74, 6) is 1.34. The van der Waals surface area contributed by atoms with Crippen molar-refractivity contribution in [3.05, 3.63) is 109 Å². The van der Waals surface area contributed by atoms with E-state index in [0.717, 1.165) is 22.4 Å². The van der Waals surface area contributed by atoms with Gasteiger partial charge in [-0.05, 0) is 73.9 Å². The molecule has 186 valence electrons. The number of ether oxygens (including phenoxy) is 1. The lowest BCUT2D eigenvalue weighted by Crippen LogP contribution is -2.11. The van der Waals surface area contributed by atoms with Crippen molar-refractivity contribution in [1.82, 2.24) is 14.8 Å². The lowest BCUT2D eigenvalue weighted by Gasteiger charge is -2.15. The molecule has 0 aliphatic heterocycles. The molecule has 10 heteroatoms. The van der Waals surface area contributed by atoms with Crippen molar-refractivity contribution >= 4 is 35.0 Å². The maximum Gasteiger partial charge on any atom is 0.220 e. The summed E-state index contributed by atoms with van der Waals surface area (Å²) < 4.78 is 7.78. The molecule has 0 saturated heterocycles. The van der Waals surface area contributed by atoms with Gasteiger partial charge >= 0.3 is 0 Å². The highest BCUT2D eigenvalue weighted by Crippen LogP contribution is 2.37. The van der Waals surface area contributed by atoms with Crippen LogP contribution in [-0.2, 0) is 6.61 Å². The third-order valence-electron chi connectivity index (χ3n) is 5.77. The lowest BCUT2D eigenvalue weighted by atomic mass is 10.1. The number of halogens is 2. The Kier molecular flexibility index (Phi) is 8.18. The molecular weight excluding hydrogens is 519 g/mol. The summed E-state index contributed by atoms with van der Waals surface area (Å²) in [4.78, 5) is 11.2. The molecule has 0 unspecified atom stereocenters. The lowest BCUT2D eigenvalue weighted by molar-refractivity contribution is -0.479. The van der Waals surface area contributed by atoms with E-state index in [1.807, 2.05) is 48.7 Å². The van der Waals surface area contributed by atoms with Crippen LogP contribution in [0.25, 0.3) is 5.69 Å². The van der Waals surface area contributed by atoms with E-state index in [-0.39, 0.29) is 18.1 Å². The van der Waals surface area contributed by atoms with Gasteiger partial charge in [-0.3, -0.25) is 14.7 Å². The molecule has 3 aromatic carbocycles. The molecule has 36 heavy (non-hydrogen) atoms. The zero-order valence-corrected chi connectivity index (χ0v) is 22.3. The van der Waals surface area contributed by atoms with Gasteiger partial charge in [-0.1, -0.05) is 59.2 Å². The maximum absolute atomic E-state index is 11.5. The summed E-state index contributed by atoms with van der Waals surface area (Å²) in [7, 11) is 0. The highest BCUT2D eigenvalue weighted by atomic mass is 35.5. The van der Waals surface area contributed by atoms with Crippen LogP contribution in [0.3, 0.4) is 0 Å². The Hall–Kier alpha value is -3.07. The highest BCUT2D eigenvalue weighted by Gasteiger charge is 2.24. The molecule has 7 nitrogen and oxygen atoms in total. The van der Waals surface area contributed by atoms with E-state index in [1.165, 1.54) is 17.3 Å². The van der Waals surface area contributed by atoms with E-state index in [4.69, 9.17) is 27.9 Å². The van der Waals surface area contributed by atoms with Crippen LogP contribution in [0, 0.1) is 30.9 Å². The minimum atomic E-state index is -0.464. The molecule has 0 aliphatic carbocycles. The topological polar surface area (TPSA) is 83.1 Å². The Morgan fingerprint density at radius 1 is 1.00 bits per heavy atom. The third kappa shape index (κ3) is 6.19. The van der Waals surface area contributed by atoms with E-state index in [2.05, 4.69) is 23.2 Å². The predicted octanol–water partition coefficient (Wildman–Crippen LogP) is 7.19. The number of nitro groups is 1. The first-order valence-corrected chi connectivity index (χ1v) is 12.8. The van der Waals surface area contributed by atoms with Crippen LogP contribution in [0.5, 0.6) is 5.75 Å². The fraction of sp³-hybridized carbons (Fsp3) is 0.231. The van der Waals surface area contributed by atoms with Crippen LogP contribution in [0.4, 0.5) is 0 Å². The second-order valence-electron chi connectivity index (χ2n) is 8.35. The minimum Gasteiger partial charge on any atom is -0.489 e. The summed E-state index contributed by atoms with van der Waals surface area (Å²) >= 11 is 13.5.